The average Bonchev–Trinajstić information content (AvgIpc) is 2.38. The SMILES string of the molecule is COc1ccc(N2C=C(C(F)(F)F)C=CC2O)cc1. The summed E-state index contributed by atoms with van der Waals surface area (Å²) in [5, 5.41) is 9.73. The Hall–Kier alpha value is -1.95. The summed E-state index contributed by atoms with van der Waals surface area (Å²) >= 11 is 0. The lowest BCUT2D eigenvalue weighted by molar-refractivity contribution is -0.0888. The van der Waals surface area contributed by atoms with E-state index >= 15 is 0 Å². The van der Waals surface area contributed by atoms with Crippen molar-refractivity contribution in [2.45, 2.75) is 12.4 Å². The smallest absolute Gasteiger partial charge is 0.417 e. The normalized spacial score (nSPS) is 19.3. The third-order valence-electron chi connectivity index (χ3n) is 2.71. The first-order valence-corrected chi connectivity index (χ1v) is 5.49. The van der Waals surface area contributed by atoms with E-state index in [1.807, 2.05) is 0 Å². The Morgan fingerprint density at radius 3 is 2.37 bits per heavy atom. The molecule has 0 aromatic heterocycles. The van der Waals surface area contributed by atoms with Crippen LogP contribution in [0.3, 0.4) is 0 Å². The second-order valence-corrected chi connectivity index (χ2v) is 3.96. The van der Waals surface area contributed by atoms with Crippen molar-refractivity contribution in [3.8, 4) is 5.75 Å². The number of aliphatic hydroxyl groups is 1. The number of alkyl halides is 3. The molecule has 1 aliphatic heterocycles. The van der Waals surface area contributed by atoms with Crippen molar-refractivity contribution < 1.29 is 23.0 Å². The molecule has 1 N–H and O–H groups in total. The largest absolute Gasteiger partial charge is 0.497 e. The Bertz CT molecular complexity index is 506. The molecule has 0 amide bonds. The third kappa shape index (κ3) is 2.90. The van der Waals surface area contributed by atoms with Gasteiger partial charge in [0.2, 0.25) is 0 Å². The van der Waals surface area contributed by atoms with Gasteiger partial charge >= 0.3 is 6.18 Å². The minimum absolute atomic E-state index is 0.444. The Balaban J connectivity index is 2.31. The highest BCUT2D eigenvalue weighted by molar-refractivity contribution is 5.55. The van der Waals surface area contributed by atoms with Crippen molar-refractivity contribution in [3.05, 3.63) is 48.2 Å². The van der Waals surface area contributed by atoms with Gasteiger partial charge in [0, 0.05) is 11.9 Å². The van der Waals surface area contributed by atoms with Gasteiger partial charge in [0.15, 0.2) is 0 Å². The predicted octanol–water partition coefficient (Wildman–Crippen LogP) is 2.84. The van der Waals surface area contributed by atoms with E-state index in [4.69, 9.17) is 4.74 Å². The lowest BCUT2D eigenvalue weighted by Gasteiger charge is -2.29. The van der Waals surface area contributed by atoms with Gasteiger partial charge in [-0.3, -0.25) is 0 Å². The number of ether oxygens (including phenoxy) is 1. The Labute approximate surface area is 108 Å². The summed E-state index contributed by atoms with van der Waals surface area (Å²) in [5.41, 5.74) is -0.368. The zero-order valence-corrected chi connectivity index (χ0v) is 10.1. The van der Waals surface area contributed by atoms with E-state index in [0.29, 0.717) is 11.4 Å². The average molecular weight is 271 g/mol. The monoisotopic (exact) mass is 271 g/mol. The highest BCUT2D eigenvalue weighted by Gasteiger charge is 2.34. The molecule has 1 aromatic carbocycles. The molecule has 0 saturated heterocycles. The van der Waals surface area contributed by atoms with Gasteiger partial charge in [-0.15, -0.1) is 0 Å². The lowest BCUT2D eigenvalue weighted by Crippen LogP contribution is -2.33. The van der Waals surface area contributed by atoms with Crippen LogP contribution in [0.1, 0.15) is 0 Å². The van der Waals surface area contributed by atoms with Crippen LogP contribution in [-0.2, 0) is 0 Å². The Kier molecular flexibility index (Phi) is 3.53. The van der Waals surface area contributed by atoms with E-state index < -0.39 is 18.0 Å². The van der Waals surface area contributed by atoms with E-state index in [1.54, 1.807) is 24.3 Å². The molecule has 0 fully saturated rings. The second-order valence-electron chi connectivity index (χ2n) is 3.96. The molecule has 3 nitrogen and oxygen atoms in total. The third-order valence-corrected chi connectivity index (χ3v) is 2.71. The summed E-state index contributed by atoms with van der Waals surface area (Å²) in [7, 11) is 1.50. The van der Waals surface area contributed by atoms with Crippen LogP contribution in [0.5, 0.6) is 5.75 Å². The number of hydrogen-bond acceptors (Lipinski definition) is 3. The van der Waals surface area contributed by atoms with E-state index in [0.717, 1.165) is 23.3 Å². The maximum absolute atomic E-state index is 12.6. The fourth-order valence-electron chi connectivity index (χ4n) is 1.70. The molecular formula is C13H12F3NO2. The molecule has 1 aliphatic rings. The van der Waals surface area contributed by atoms with E-state index in [-0.39, 0.29) is 0 Å². The van der Waals surface area contributed by atoms with Crippen LogP contribution >= 0.6 is 0 Å². The van der Waals surface area contributed by atoms with Gasteiger partial charge in [-0.2, -0.15) is 13.2 Å². The van der Waals surface area contributed by atoms with Gasteiger partial charge in [-0.05, 0) is 36.4 Å². The topological polar surface area (TPSA) is 32.7 Å². The highest BCUT2D eigenvalue weighted by Crippen LogP contribution is 2.32. The number of nitrogens with zero attached hydrogens (tertiary/aromatic N) is 1. The summed E-state index contributed by atoms with van der Waals surface area (Å²) in [4.78, 5) is 1.14. The van der Waals surface area contributed by atoms with E-state index in [2.05, 4.69) is 0 Å². The molecule has 2 rings (SSSR count). The number of benzene rings is 1. The number of methoxy groups -OCH3 is 1. The predicted molar refractivity (Wildman–Crippen MR) is 64.8 cm³/mol. The molecule has 1 atom stereocenters. The summed E-state index contributed by atoms with van der Waals surface area (Å²) < 4.78 is 42.9. The molecule has 1 heterocycles. The van der Waals surface area contributed by atoms with Gasteiger partial charge in [0.1, 0.15) is 12.0 Å². The van der Waals surface area contributed by atoms with Crippen LogP contribution in [0.2, 0.25) is 0 Å². The first-order valence-electron chi connectivity index (χ1n) is 5.49. The van der Waals surface area contributed by atoms with Gasteiger partial charge in [0.05, 0.1) is 12.7 Å². The first-order chi connectivity index (χ1) is 8.91. The quantitative estimate of drug-likeness (QED) is 0.897. The fourth-order valence-corrected chi connectivity index (χ4v) is 1.70. The summed E-state index contributed by atoms with van der Waals surface area (Å²) in [5.74, 6) is 0.589. The molecule has 0 radical (unpaired) electrons. The summed E-state index contributed by atoms with van der Waals surface area (Å²) in [6.07, 6.45) is -2.73. The van der Waals surface area contributed by atoms with Gasteiger partial charge in [-0.25, -0.2) is 0 Å². The minimum atomic E-state index is -4.44. The molecule has 0 saturated carbocycles. The van der Waals surface area contributed by atoms with Crippen LogP contribution < -0.4 is 9.64 Å². The van der Waals surface area contributed by atoms with Crippen LogP contribution in [0, 0.1) is 0 Å². The number of anilines is 1. The summed E-state index contributed by atoms with van der Waals surface area (Å²) in [6, 6.07) is 6.38. The standard InChI is InChI=1S/C13H12F3NO2/c1-19-11-5-3-10(4-6-11)17-8-9(13(14,15)16)2-7-12(17)18/h2-8,12,18H,1H3. The van der Waals surface area contributed by atoms with Crippen LogP contribution in [0.25, 0.3) is 0 Å². The van der Waals surface area contributed by atoms with Crippen molar-refractivity contribution in [1.29, 1.82) is 0 Å². The van der Waals surface area contributed by atoms with Crippen molar-refractivity contribution in [3.63, 3.8) is 0 Å². The fraction of sp³-hybridized carbons (Fsp3) is 0.231. The molecule has 19 heavy (non-hydrogen) atoms. The summed E-state index contributed by atoms with van der Waals surface area (Å²) in [6.45, 7) is 0. The van der Waals surface area contributed by atoms with Crippen molar-refractivity contribution in [1.82, 2.24) is 0 Å². The molecule has 1 unspecified atom stereocenters. The lowest BCUT2D eigenvalue weighted by atomic mass is 10.1. The molecular weight excluding hydrogens is 259 g/mol. The number of hydrogen-bond donors (Lipinski definition) is 1. The van der Waals surface area contributed by atoms with E-state index in [1.165, 1.54) is 7.11 Å². The molecule has 1 aromatic rings. The van der Waals surface area contributed by atoms with Gasteiger partial charge < -0.3 is 14.7 Å². The number of rotatable bonds is 2. The number of halogens is 3. The highest BCUT2D eigenvalue weighted by atomic mass is 19.4. The molecule has 0 bridgehead atoms. The van der Waals surface area contributed by atoms with Crippen molar-refractivity contribution >= 4 is 5.69 Å². The number of allylic oxidation sites excluding steroid dienone is 2. The number of aliphatic hydroxyl groups excluding tert-OH is 1. The van der Waals surface area contributed by atoms with Crippen molar-refractivity contribution in [2.75, 3.05) is 12.0 Å². The van der Waals surface area contributed by atoms with Gasteiger partial charge in [-0.1, -0.05) is 0 Å². The molecule has 0 spiro atoms. The Morgan fingerprint density at radius 2 is 1.84 bits per heavy atom. The van der Waals surface area contributed by atoms with Crippen LogP contribution in [0.4, 0.5) is 18.9 Å². The first kappa shape index (κ1) is 13.5. The van der Waals surface area contributed by atoms with E-state index in [9.17, 15) is 18.3 Å². The maximum Gasteiger partial charge on any atom is 0.417 e. The maximum atomic E-state index is 12.6. The molecule has 6 heteroatoms. The van der Waals surface area contributed by atoms with Crippen LogP contribution in [-0.4, -0.2) is 24.6 Å². The second kappa shape index (κ2) is 4.97. The van der Waals surface area contributed by atoms with Crippen molar-refractivity contribution in [2.24, 2.45) is 0 Å². The zero-order valence-electron chi connectivity index (χ0n) is 10.1. The zero-order chi connectivity index (χ0) is 14.0. The minimum Gasteiger partial charge on any atom is -0.497 e. The Morgan fingerprint density at radius 1 is 1.21 bits per heavy atom. The molecule has 0 aliphatic carbocycles. The van der Waals surface area contributed by atoms with Crippen LogP contribution in [0.15, 0.2) is 48.2 Å². The van der Waals surface area contributed by atoms with Gasteiger partial charge in [0.25, 0.3) is 0 Å². The molecule has 102 valence electrons.